The van der Waals surface area contributed by atoms with Gasteiger partial charge in [0.1, 0.15) is 5.66 Å². The van der Waals surface area contributed by atoms with Crippen molar-refractivity contribution in [2.75, 3.05) is 27.7 Å². The number of hydrogen-bond acceptors (Lipinski definition) is 6. The van der Waals surface area contributed by atoms with E-state index in [1.54, 1.807) is 28.1 Å². The molecular weight excluding hydrogens is 214 g/mol. The Morgan fingerprint density at radius 1 is 1.38 bits per heavy atom. The van der Waals surface area contributed by atoms with Gasteiger partial charge in [0, 0.05) is 6.04 Å². The molecule has 0 aliphatic carbocycles. The quantitative estimate of drug-likeness (QED) is 0.278. The average Bonchev–Trinajstić information content (AvgIpc) is 2.29. The number of ether oxygens (including phenoxy) is 1. The first-order chi connectivity index (χ1) is 7.47. The molecular formula is C9H21N3O4. The molecule has 0 aromatic rings. The van der Waals surface area contributed by atoms with Crippen molar-refractivity contribution in [2.24, 2.45) is 0 Å². The van der Waals surface area contributed by atoms with Gasteiger partial charge < -0.3 is 20.3 Å². The minimum absolute atomic E-state index is 0.261. The molecule has 0 saturated carbocycles. The van der Waals surface area contributed by atoms with Gasteiger partial charge in [-0.15, -0.1) is 0 Å². The maximum absolute atomic E-state index is 10.6. The van der Waals surface area contributed by atoms with Gasteiger partial charge in [0.15, 0.2) is 6.10 Å². The van der Waals surface area contributed by atoms with Crippen LogP contribution in [0.2, 0.25) is 0 Å². The molecule has 0 aromatic heterocycles. The molecule has 5 N–H and O–H groups in total. The summed E-state index contributed by atoms with van der Waals surface area (Å²) >= 11 is 0. The summed E-state index contributed by atoms with van der Waals surface area (Å²) in [7, 11) is 4.93. The molecule has 0 aliphatic rings. The summed E-state index contributed by atoms with van der Waals surface area (Å²) in [6.45, 7) is 1.47. The molecule has 0 aromatic carbocycles. The van der Waals surface area contributed by atoms with Crippen molar-refractivity contribution in [1.82, 2.24) is 16.0 Å². The normalized spacial score (nSPS) is 15.6. The number of hydrogen-bond donors (Lipinski definition) is 5. The van der Waals surface area contributed by atoms with E-state index in [0.717, 1.165) is 0 Å². The topological polar surface area (TPSA) is 103 Å². The molecule has 0 bridgehead atoms. The summed E-state index contributed by atoms with van der Waals surface area (Å²) in [6.07, 6.45) is -2.15. The van der Waals surface area contributed by atoms with E-state index in [1.807, 2.05) is 0 Å². The SMILES string of the molecule is CNC(C)C(OC(=O)O)C(CO)(NC)NC. The van der Waals surface area contributed by atoms with Crippen LogP contribution in [0.15, 0.2) is 0 Å². The van der Waals surface area contributed by atoms with Crippen LogP contribution in [-0.2, 0) is 4.74 Å². The molecule has 0 radical (unpaired) electrons. The van der Waals surface area contributed by atoms with E-state index in [1.165, 1.54) is 0 Å². The number of nitrogens with one attached hydrogen (secondary N) is 3. The third kappa shape index (κ3) is 3.31. The van der Waals surface area contributed by atoms with Crippen molar-refractivity contribution in [3.63, 3.8) is 0 Å². The number of carboxylic acid groups (broad SMARTS) is 1. The molecule has 7 nitrogen and oxygen atoms in total. The molecule has 16 heavy (non-hydrogen) atoms. The molecule has 7 heteroatoms. The van der Waals surface area contributed by atoms with Gasteiger partial charge in [-0.25, -0.2) is 4.79 Å². The molecule has 0 aliphatic heterocycles. The summed E-state index contributed by atoms with van der Waals surface area (Å²) in [5, 5.41) is 26.7. The fourth-order valence-corrected chi connectivity index (χ4v) is 1.55. The minimum atomic E-state index is -1.38. The minimum Gasteiger partial charge on any atom is -0.450 e. The molecule has 0 heterocycles. The Labute approximate surface area is 95.2 Å². The van der Waals surface area contributed by atoms with Gasteiger partial charge in [0.25, 0.3) is 0 Å². The van der Waals surface area contributed by atoms with Crippen molar-refractivity contribution in [1.29, 1.82) is 0 Å². The third-order valence-electron chi connectivity index (χ3n) is 2.76. The summed E-state index contributed by atoms with van der Waals surface area (Å²) in [5.41, 5.74) is -1.01. The zero-order valence-electron chi connectivity index (χ0n) is 10.1. The van der Waals surface area contributed by atoms with Crippen molar-refractivity contribution >= 4 is 6.16 Å². The Balaban J connectivity index is 5.02. The van der Waals surface area contributed by atoms with Gasteiger partial charge in [-0.05, 0) is 28.1 Å². The van der Waals surface area contributed by atoms with E-state index in [-0.39, 0.29) is 12.6 Å². The molecule has 0 fully saturated rings. The van der Waals surface area contributed by atoms with Crippen molar-refractivity contribution in [3.8, 4) is 0 Å². The lowest BCUT2D eigenvalue weighted by Gasteiger charge is -2.40. The van der Waals surface area contributed by atoms with E-state index < -0.39 is 17.9 Å². The highest BCUT2D eigenvalue weighted by molar-refractivity contribution is 5.57. The monoisotopic (exact) mass is 235 g/mol. The first-order valence-corrected chi connectivity index (χ1v) is 5.03. The van der Waals surface area contributed by atoms with E-state index >= 15 is 0 Å². The average molecular weight is 235 g/mol. The summed E-state index contributed by atoms with van der Waals surface area (Å²) in [5.74, 6) is 0. The van der Waals surface area contributed by atoms with Crippen LogP contribution in [-0.4, -0.2) is 61.9 Å². The number of aliphatic hydroxyl groups excluding tert-OH is 1. The lowest BCUT2D eigenvalue weighted by atomic mass is 9.97. The summed E-state index contributed by atoms with van der Waals surface area (Å²) in [4.78, 5) is 10.6. The van der Waals surface area contributed by atoms with Crippen LogP contribution in [0.3, 0.4) is 0 Å². The second-order valence-corrected chi connectivity index (χ2v) is 3.51. The van der Waals surface area contributed by atoms with Crippen LogP contribution < -0.4 is 16.0 Å². The highest BCUT2D eigenvalue weighted by atomic mass is 16.7. The van der Waals surface area contributed by atoms with Crippen LogP contribution in [0, 0.1) is 0 Å². The summed E-state index contributed by atoms with van der Waals surface area (Å²) in [6, 6.07) is -0.261. The smallest absolute Gasteiger partial charge is 0.450 e. The van der Waals surface area contributed by atoms with Crippen molar-refractivity contribution < 1.29 is 19.7 Å². The standard InChI is InChI=1S/C9H21N3O4/c1-6(10-2)7(16-8(14)15)9(5-13,11-3)12-4/h6-7,10-13H,5H2,1-4H3,(H,14,15). The van der Waals surface area contributed by atoms with E-state index in [9.17, 15) is 9.90 Å². The maximum Gasteiger partial charge on any atom is 0.506 e. The van der Waals surface area contributed by atoms with Gasteiger partial charge in [0.2, 0.25) is 0 Å². The van der Waals surface area contributed by atoms with Crippen LogP contribution in [0.4, 0.5) is 4.79 Å². The highest BCUT2D eigenvalue weighted by Crippen LogP contribution is 2.14. The van der Waals surface area contributed by atoms with Crippen LogP contribution in [0.1, 0.15) is 6.92 Å². The number of aliphatic hydroxyl groups is 1. The Hall–Kier alpha value is -0.890. The second-order valence-electron chi connectivity index (χ2n) is 3.51. The highest BCUT2D eigenvalue weighted by Gasteiger charge is 2.41. The molecule has 2 atom stereocenters. The molecule has 96 valence electrons. The predicted molar refractivity (Wildman–Crippen MR) is 59.4 cm³/mol. The summed E-state index contributed by atoms with van der Waals surface area (Å²) < 4.78 is 4.81. The van der Waals surface area contributed by atoms with E-state index in [2.05, 4.69) is 16.0 Å². The number of carbonyl (C=O) groups is 1. The predicted octanol–water partition coefficient (Wildman–Crippen LogP) is -1.22. The van der Waals surface area contributed by atoms with Crippen LogP contribution >= 0.6 is 0 Å². The van der Waals surface area contributed by atoms with Crippen LogP contribution in [0.25, 0.3) is 0 Å². The maximum atomic E-state index is 10.6. The third-order valence-corrected chi connectivity index (χ3v) is 2.76. The Kier molecular flexibility index (Phi) is 6.27. The molecule has 0 saturated heterocycles. The molecule has 0 spiro atoms. The van der Waals surface area contributed by atoms with Gasteiger partial charge in [-0.2, -0.15) is 0 Å². The zero-order chi connectivity index (χ0) is 12.8. The lowest BCUT2D eigenvalue weighted by molar-refractivity contribution is -0.0412. The lowest BCUT2D eigenvalue weighted by Crippen LogP contribution is -2.69. The van der Waals surface area contributed by atoms with Gasteiger partial charge in [-0.3, -0.25) is 10.6 Å². The van der Waals surface area contributed by atoms with Crippen molar-refractivity contribution in [3.05, 3.63) is 0 Å². The fourth-order valence-electron chi connectivity index (χ4n) is 1.55. The Morgan fingerprint density at radius 2 is 1.88 bits per heavy atom. The van der Waals surface area contributed by atoms with Gasteiger partial charge >= 0.3 is 6.16 Å². The molecule has 0 rings (SSSR count). The van der Waals surface area contributed by atoms with E-state index in [0.29, 0.717) is 0 Å². The first-order valence-electron chi connectivity index (χ1n) is 5.03. The fraction of sp³-hybridized carbons (Fsp3) is 0.889. The van der Waals surface area contributed by atoms with Crippen molar-refractivity contribution in [2.45, 2.75) is 24.7 Å². The second kappa shape index (κ2) is 6.64. The largest absolute Gasteiger partial charge is 0.506 e. The zero-order valence-corrected chi connectivity index (χ0v) is 10.1. The van der Waals surface area contributed by atoms with E-state index in [4.69, 9.17) is 9.84 Å². The number of likely N-dealkylation sites (N-methyl/N-ethyl adjacent to an activating group) is 3. The first kappa shape index (κ1) is 15.1. The molecule has 2 unspecified atom stereocenters. The van der Waals surface area contributed by atoms with Gasteiger partial charge in [0.05, 0.1) is 6.61 Å². The Morgan fingerprint density at radius 3 is 2.12 bits per heavy atom. The van der Waals surface area contributed by atoms with Crippen LogP contribution in [0.5, 0.6) is 0 Å². The van der Waals surface area contributed by atoms with Gasteiger partial charge in [-0.1, -0.05) is 0 Å². The molecule has 0 amide bonds. The number of rotatable bonds is 7. The Bertz CT molecular complexity index is 213.